The van der Waals surface area contributed by atoms with Crippen LogP contribution in [-0.2, 0) is 11.3 Å². The monoisotopic (exact) mass is 433 g/mol. The average Bonchev–Trinajstić information content (AvgIpc) is 3.19. The minimum Gasteiger partial charge on any atom is -0.489 e. The largest absolute Gasteiger partial charge is 0.489 e. The predicted molar refractivity (Wildman–Crippen MR) is 122 cm³/mol. The molecule has 1 aromatic heterocycles. The van der Waals surface area contributed by atoms with Crippen LogP contribution in [-0.4, -0.2) is 33.7 Å². The van der Waals surface area contributed by atoms with Gasteiger partial charge < -0.3 is 14.8 Å². The molecule has 1 saturated heterocycles. The van der Waals surface area contributed by atoms with E-state index in [9.17, 15) is 4.79 Å². The molecule has 0 saturated carbocycles. The first-order valence-electron chi connectivity index (χ1n) is 10.8. The minimum absolute atomic E-state index is 0.0553. The molecule has 166 valence electrons. The van der Waals surface area contributed by atoms with Crippen molar-refractivity contribution in [2.75, 3.05) is 16.8 Å². The van der Waals surface area contributed by atoms with Gasteiger partial charge in [0.2, 0.25) is 11.9 Å². The van der Waals surface area contributed by atoms with Gasteiger partial charge in [-0.1, -0.05) is 49.4 Å². The molecule has 0 spiro atoms. The van der Waals surface area contributed by atoms with E-state index in [-0.39, 0.29) is 12.1 Å². The Labute approximate surface area is 187 Å². The lowest BCUT2D eigenvalue weighted by molar-refractivity contribution is 0.178. The van der Waals surface area contributed by atoms with Crippen LogP contribution >= 0.6 is 0 Å². The van der Waals surface area contributed by atoms with Gasteiger partial charge in [-0.05, 0) is 43.5 Å². The quantitative estimate of drug-likeness (QED) is 0.552. The highest BCUT2D eigenvalue weighted by atomic mass is 16.6. The summed E-state index contributed by atoms with van der Waals surface area (Å²) in [6, 6.07) is 17.9. The molecule has 1 amide bonds. The van der Waals surface area contributed by atoms with Crippen LogP contribution in [0, 0.1) is 6.92 Å². The van der Waals surface area contributed by atoms with Gasteiger partial charge in [0.25, 0.3) is 0 Å². The van der Waals surface area contributed by atoms with E-state index in [1.807, 2.05) is 68.4 Å². The van der Waals surface area contributed by atoms with E-state index in [1.54, 1.807) is 6.92 Å². The lowest BCUT2D eigenvalue weighted by atomic mass is 10.1. The van der Waals surface area contributed by atoms with E-state index >= 15 is 0 Å². The Bertz CT molecular complexity index is 1060. The second kappa shape index (κ2) is 9.64. The second-order valence-corrected chi connectivity index (χ2v) is 7.72. The number of carbonyl (C=O) groups excluding carboxylic acids is 1. The Morgan fingerprint density at radius 1 is 1.12 bits per heavy atom. The average molecular weight is 434 g/mol. The zero-order valence-corrected chi connectivity index (χ0v) is 18.5. The molecule has 1 fully saturated rings. The highest BCUT2D eigenvalue weighted by Crippen LogP contribution is 2.24. The van der Waals surface area contributed by atoms with E-state index < -0.39 is 6.09 Å². The number of hydrogen-bond donors (Lipinski definition) is 1. The molecule has 3 aromatic rings. The van der Waals surface area contributed by atoms with Crippen LogP contribution in [0.25, 0.3) is 0 Å². The molecule has 0 radical (unpaired) electrons. The number of nitrogens with one attached hydrogen (secondary N) is 1. The van der Waals surface area contributed by atoms with Crippen molar-refractivity contribution >= 4 is 18.0 Å². The van der Waals surface area contributed by atoms with Crippen LogP contribution in [0.1, 0.15) is 43.3 Å². The summed E-state index contributed by atoms with van der Waals surface area (Å²) in [5.41, 5.74) is 2.18. The maximum Gasteiger partial charge on any atom is 0.417 e. The highest BCUT2D eigenvalue weighted by molar-refractivity contribution is 5.88. The first kappa shape index (κ1) is 21.5. The lowest BCUT2D eigenvalue weighted by Gasteiger charge is -2.20. The van der Waals surface area contributed by atoms with Crippen molar-refractivity contribution in [1.29, 1.82) is 0 Å². The van der Waals surface area contributed by atoms with Crippen LogP contribution in [0.3, 0.4) is 0 Å². The molecule has 4 rings (SSSR count). The smallest absolute Gasteiger partial charge is 0.417 e. The molecule has 32 heavy (non-hydrogen) atoms. The zero-order chi connectivity index (χ0) is 22.5. The first-order chi connectivity index (χ1) is 15.5. The van der Waals surface area contributed by atoms with Crippen molar-refractivity contribution in [1.82, 2.24) is 15.0 Å². The number of carbonyl (C=O) groups is 1. The summed E-state index contributed by atoms with van der Waals surface area (Å²) in [7, 11) is 0. The standard InChI is InChI=1S/C24H27N5O3/c1-4-20-15-32-24(30)29(20)23-27-17(3)26-22(28-23)25-16(2)19-10-12-21(13-11-19)31-14-18-8-6-5-7-9-18/h5-13,16,20H,4,14-15H2,1-3H3,(H,25,26,27,28)/t16-,20?/m0/s1. The Morgan fingerprint density at radius 3 is 2.59 bits per heavy atom. The molecular weight excluding hydrogens is 406 g/mol. The molecule has 1 unspecified atom stereocenters. The Hall–Kier alpha value is -3.68. The maximum absolute atomic E-state index is 12.2. The number of nitrogens with zero attached hydrogens (tertiary/aromatic N) is 4. The lowest BCUT2D eigenvalue weighted by Crippen LogP contribution is -2.34. The minimum atomic E-state index is -0.424. The summed E-state index contributed by atoms with van der Waals surface area (Å²) in [5.74, 6) is 2.07. The van der Waals surface area contributed by atoms with Gasteiger partial charge in [-0.15, -0.1) is 0 Å². The number of anilines is 2. The molecule has 1 N–H and O–H groups in total. The molecule has 1 aliphatic rings. The maximum atomic E-state index is 12.2. The summed E-state index contributed by atoms with van der Waals surface area (Å²) in [5, 5.41) is 3.31. The van der Waals surface area contributed by atoms with Crippen LogP contribution in [0.15, 0.2) is 54.6 Å². The van der Waals surface area contributed by atoms with Crippen molar-refractivity contribution in [3.8, 4) is 5.75 Å². The van der Waals surface area contributed by atoms with Crippen LogP contribution < -0.4 is 15.0 Å². The summed E-state index contributed by atoms with van der Waals surface area (Å²) in [4.78, 5) is 26.9. The van der Waals surface area contributed by atoms with Crippen molar-refractivity contribution < 1.29 is 14.3 Å². The molecule has 8 heteroatoms. The third kappa shape index (κ3) is 4.96. The van der Waals surface area contributed by atoms with Gasteiger partial charge in [0.1, 0.15) is 24.8 Å². The fourth-order valence-electron chi connectivity index (χ4n) is 3.52. The van der Waals surface area contributed by atoms with Gasteiger partial charge in [-0.25, -0.2) is 9.69 Å². The number of hydrogen-bond acceptors (Lipinski definition) is 7. The Balaban J connectivity index is 1.43. The second-order valence-electron chi connectivity index (χ2n) is 7.72. The van der Waals surface area contributed by atoms with Crippen molar-refractivity contribution in [2.45, 2.75) is 45.9 Å². The molecule has 0 bridgehead atoms. The van der Waals surface area contributed by atoms with E-state index in [1.165, 1.54) is 4.90 Å². The molecule has 2 atom stereocenters. The van der Waals surface area contributed by atoms with E-state index in [4.69, 9.17) is 9.47 Å². The third-order valence-corrected chi connectivity index (χ3v) is 5.36. The SMILES string of the molecule is CCC1COC(=O)N1c1nc(C)nc(N[C@@H](C)c2ccc(OCc3ccccc3)cc2)n1. The molecule has 2 aromatic carbocycles. The van der Waals surface area contributed by atoms with Crippen molar-refractivity contribution in [3.05, 3.63) is 71.5 Å². The van der Waals surface area contributed by atoms with Gasteiger partial charge in [0.05, 0.1) is 12.1 Å². The topological polar surface area (TPSA) is 89.5 Å². The number of rotatable bonds is 8. The Kier molecular flexibility index (Phi) is 6.49. The molecule has 1 aliphatic heterocycles. The summed E-state index contributed by atoms with van der Waals surface area (Å²) in [6.07, 6.45) is 0.335. The van der Waals surface area contributed by atoms with E-state index in [0.29, 0.717) is 30.9 Å². The van der Waals surface area contributed by atoms with Crippen LogP contribution in [0.5, 0.6) is 5.75 Å². The fourth-order valence-corrected chi connectivity index (χ4v) is 3.52. The number of amides is 1. The highest BCUT2D eigenvalue weighted by Gasteiger charge is 2.35. The molecule has 2 heterocycles. The van der Waals surface area contributed by atoms with Crippen molar-refractivity contribution in [2.24, 2.45) is 0 Å². The van der Waals surface area contributed by atoms with Gasteiger partial charge in [0, 0.05) is 0 Å². The van der Waals surface area contributed by atoms with Crippen molar-refractivity contribution in [3.63, 3.8) is 0 Å². The van der Waals surface area contributed by atoms with Gasteiger partial charge >= 0.3 is 6.09 Å². The summed E-state index contributed by atoms with van der Waals surface area (Å²) in [6.45, 7) is 6.68. The number of aryl methyl sites for hydroxylation is 1. The van der Waals surface area contributed by atoms with E-state index in [2.05, 4.69) is 20.3 Å². The number of aromatic nitrogens is 3. The molecule has 8 nitrogen and oxygen atoms in total. The zero-order valence-electron chi connectivity index (χ0n) is 18.5. The summed E-state index contributed by atoms with van der Waals surface area (Å²) < 4.78 is 11.0. The molecule has 0 aliphatic carbocycles. The third-order valence-electron chi connectivity index (χ3n) is 5.36. The van der Waals surface area contributed by atoms with Gasteiger partial charge in [-0.2, -0.15) is 15.0 Å². The normalized spacial score (nSPS) is 16.5. The molecular formula is C24H27N5O3. The summed E-state index contributed by atoms with van der Waals surface area (Å²) >= 11 is 0. The first-order valence-corrected chi connectivity index (χ1v) is 10.8. The van der Waals surface area contributed by atoms with Gasteiger partial charge in [0.15, 0.2) is 0 Å². The van der Waals surface area contributed by atoms with E-state index in [0.717, 1.165) is 23.3 Å². The van der Waals surface area contributed by atoms with Crippen LogP contribution in [0.4, 0.5) is 16.7 Å². The number of ether oxygens (including phenoxy) is 2. The number of benzene rings is 2. The fraction of sp³-hybridized carbons (Fsp3) is 0.333. The number of cyclic esters (lactones) is 1. The Morgan fingerprint density at radius 2 is 1.88 bits per heavy atom. The predicted octanol–water partition coefficient (Wildman–Crippen LogP) is 4.67. The van der Waals surface area contributed by atoms with Crippen LogP contribution in [0.2, 0.25) is 0 Å². The van der Waals surface area contributed by atoms with Gasteiger partial charge in [-0.3, -0.25) is 0 Å².